The van der Waals surface area contributed by atoms with Gasteiger partial charge in [0.2, 0.25) is 0 Å². The van der Waals surface area contributed by atoms with Crippen LogP contribution in [0.2, 0.25) is 0 Å². The molecule has 0 radical (unpaired) electrons. The zero-order valence-corrected chi connectivity index (χ0v) is 9.12. The molecule has 1 aliphatic heterocycles. The van der Waals surface area contributed by atoms with Crippen LogP contribution in [0.5, 0.6) is 0 Å². The Morgan fingerprint density at radius 3 is 2.69 bits per heavy atom. The number of nitrogens with two attached hydrogens (primary N) is 1. The maximum atomic E-state index is 13.1. The topological polar surface area (TPSA) is 35.2 Å². The first-order valence-electron chi connectivity index (χ1n) is 5.41. The SMILES string of the molecule is CC1OCCC1C(N)c1ccc(F)c(F)c1. The molecule has 1 saturated heterocycles. The first kappa shape index (κ1) is 11.5. The maximum Gasteiger partial charge on any atom is 0.159 e. The third kappa shape index (κ3) is 2.08. The van der Waals surface area contributed by atoms with Crippen molar-refractivity contribution in [1.29, 1.82) is 0 Å². The van der Waals surface area contributed by atoms with Crippen LogP contribution in [0, 0.1) is 17.6 Å². The van der Waals surface area contributed by atoms with Gasteiger partial charge in [-0.05, 0) is 31.0 Å². The summed E-state index contributed by atoms with van der Waals surface area (Å²) in [4.78, 5) is 0. The summed E-state index contributed by atoms with van der Waals surface area (Å²) in [6, 6.07) is 3.53. The van der Waals surface area contributed by atoms with E-state index in [2.05, 4.69) is 0 Å². The van der Waals surface area contributed by atoms with Gasteiger partial charge in [-0.15, -0.1) is 0 Å². The smallest absolute Gasteiger partial charge is 0.159 e. The van der Waals surface area contributed by atoms with Crippen LogP contribution in [-0.2, 0) is 4.74 Å². The highest BCUT2D eigenvalue weighted by Crippen LogP contribution is 2.31. The minimum absolute atomic E-state index is 0.0723. The lowest BCUT2D eigenvalue weighted by Gasteiger charge is -2.22. The number of halogens is 2. The van der Waals surface area contributed by atoms with Crippen LogP contribution >= 0.6 is 0 Å². The van der Waals surface area contributed by atoms with Crippen LogP contribution in [0.25, 0.3) is 0 Å². The van der Waals surface area contributed by atoms with Crippen molar-refractivity contribution < 1.29 is 13.5 Å². The molecule has 1 aliphatic rings. The molecule has 0 spiro atoms. The van der Waals surface area contributed by atoms with Crippen molar-refractivity contribution in [2.75, 3.05) is 6.61 Å². The second-order valence-corrected chi connectivity index (χ2v) is 4.23. The molecule has 4 heteroatoms. The second-order valence-electron chi connectivity index (χ2n) is 4.23. The van der Waals surface area contributed by atoms with Crippen LogP contribution < -0.4 is 5.73 Å². The van der Waals surface area contributed by atoms with Crippen LogP contribution in [0.4, 0.5) is 8.78 Å². The van der Waals surface area contributed by atoms with E-state index in [1.165, 1.54) is 12.1 Å². The van der Waals surface area contributed by atoms with Gasteiger partial charge < -0.3 is 10.5 Å². The van der Waals surface area contributed by atoms with E-state index in [-0.39, 0.29) is 18.1 Å². The molecular weight excluding hydrogens is 212 g/mol. The summed E-state index contributed by atoms with van der Waals surface area (Å²) in [5, 5.41) is 0. The molecule has 16 heavy (non-hydrogen) atoms. The molecule has 0 saturated carbocycles. The van der Waals surface area contributed by atoms with Gasteiger partial charge in [-0.3, -0.25) is 0 Å². The van der Waals surface area contributed by atoms with Crippen molar-refractivity contribution in [3.8, 4) is 0 Å². The minimum Gasteiger partial charge on any atom is -0.378 e. The molecule has 0 aliphatic carbocycles. The predicted octanol–water partition coefficient (Wildman–Crippen LogP) is 2.39. The zero-order valence-electron chi connectivity index (χ0n) is 9.12. The van der Waals surface area contributed by atoms with Crippen molar-refractivity contribution in [1.82, 2.24) is 0 Å². The van der Waals surface area contributed by atoms with E-state index in [1.54, 1.807) is 0 Å². The van der Waals surface area contributed by atoms with E-state index in [0.717, 1.165) is 12.5 Å². The number of hydrogen-bond donors (Lipinski definition) is 1. The Morgan fingerprint density at radius 2 is 2.12 bits per heavy atom. The fourth-order valence-corrected chi connectivity index (χ4v) is 2.19. The van der Waals surface area contributed by atoms with Gasteiger partial charge in [-0.2, -0.15) is 0 Å². The molecule has 2 nitrogen and oxygen atoms in total. The largest absolute Gasteiger partial charge is 0.378 e. The first-order valence-corrected chi connectivity index (χ1v) is 5.41. The normalized spacial score (nSPS) is 27.0. The Labute approximate surface area is 93.4 Å². The van der Waals surface area contributed by atoms with Crippen molar-refractivity contribution >= 4 is 0 Å². The average molecular weight is 227 g/mol. The molecule has 2 N–H and O–H groups in total. The van der Waals surface area contributed by atoms with Crippen LogP contribution in [0.1, 0.15) is 24.9 Å². The number of rotatable bonds is 2. The summed E-state index contributed by atoms with van der Waals surface area (Å²) in [6.45, 7) is 2.64. The third-order valence-electron chi connectivity index (χ3n) is 3.22. The molecule has 0 amide bonds. The quantitative estimate of drug-likeness (QED) is 0.842. The van der Waals surface area contributed by atoms with E-state index in [4.69, 9.17) is 10.5 Å². The zero-order chi connectivity index (χ0) is 11.7. The molecular formula is C12H15F2NO. The Morgan fingerprint density at radius 1 is 1.38 bits per heavy atom. The Balaban J connectivity index is 2.20. The molecule has 2 rings (SSSR count). The molecule has 1 aromatic rings. The van der Waals surface area contributed by atoms with Gasteiger partial charge in [0.25, 0.3) is 0 Å². The lowest BCUT2D eigenvalue weighted by molar-refractivity contribution is 0.0994. The Kier molecular flexibility index (Phi) is 3.21. The van der Waals surface area contributed by atoms with Gasteiger partial charge in [-0.1, -0.05) is 6.07 Å². The highest BCUT2D eigenvalue weighted by molar-refractivity contribution is 5.22. The lowest BCUT2D eigenvalue weighted by atomic mass is 9.89. The molecule has 0 bridgehead atoms. The summed E-state index contributed by atoms with van der Waals surface area (Å²) >= 11 is 0. The van der Waals surface area contributed by atoms with E-state index < -0.39 is 11.6 Å². The molecule has 1 fully saturated rings. The van der Waals surface area contributed by atoms with Crippen molar-refractivity contribution in [3.05, 3.63) is 35.4 Å². The fraction of sp³-hybridized carbons (Fsp3) is 0.500. The maximum absolute atomic E-state index is 13.1. The summed E-state index contributed by atoms with van der Waals surface area (Å²) < 4.78 is 31.3. The van der Waals surface area contributed by atoms with E-state index >= 15 is 0 Å². The molecule has 1 heterocycles. The Hall–Kier alpha value is -1.00. The van der Waals surface area contributed by atoms with E-state index in [9.17, 15) is 8.78 Å². The van der Waals surface area contributed by atoms with E-state index in [1.807, 2.05) is 6.92 Å². The molecule has 88 valence electrons. The van der Waals surface area contributed by atoms with Gasteiger partial charge in [0.05, 0.1) is 6.10 Å². The van der Waals surface area contributed by atoms with Crippen LogP contribution in [0.3, 0.4) is 0 Å². The fourth-order valence-electron chi connectivity index (χ4n) is 2.19. The molecule has 3 atom stereocenters. The predicted molar refractivity (Wildman–Crippen MR) is 56.8 cm³/mol. The van der Waals surface area contributed by atoms with Gasteiger partial charge in [-0.25, -0.2) is 8.78 Å². The summed E-state index contributed by atoms with van der Waals surface area (Å²) in [5.41, 5.74) is 6.67. The van der Waals surface area contributed by atoms with Gasteiger partial charge in [0.1, 0.15) is 0 Å². The summed E-state index contributed by atoms with van der Waals surface area (Å²) in [7, 11) is 0. The van der Waals surface area contributed by atoms with Crippen LogP contribution in [0.15, 0.2) is 18.2 Å². The van der Waals surface area contributed by atoms with E-state index in [0.29, 0.717) is 12.2 Å². The molecule has 3 unspecified atom stereocenters. The van der Waals surface area contributed by atoms with Crippen molar-refractivity contribution in [2.24, 2.45) is 11.7 Å². The third-order valence-corrected chi connectivity index (χ3v) is 3.22. The van der Waals surface area contributed by atoms with Crippen LogP contribution in [-0.4, -0.2) is 12.7 Å². The van der Waals surface area contributed by atoms with Gasteiger partial charge in [0.15, 0.2) is 11.6 Å². The minimum atomic E-state index is -0.848. The van der Waals surface area contributed by atoms with Gasteiger partial charge in [0, 0.05) is 18.6 Å². The monoisotopic (exact) mass is 227 g/mol. The van der Waals surface area contributed by atoms with Crippen molar-refractivity contribution in [3.63, 3.8) is 0 Å². The Bertz CT molecular complexity index is 383. The lowest BCUT2D eigenvalue weighted by Crippen LogP contribution is -2.26. The second kappa shape index (κ2) is 4.47. The molecule has 1 aromatic carbocycles. The van der Waals surface area contributed by atoms with Crippen molar-refractivity contribution in [2.45, 2.75) is 25.5 Å². The number of ether oxygens (including phenoxy) is 1. The molecule has 0 aromatic heterocycles. The average Bonchev–Trinajstić information content (AvgIpc) is 2.67. The number of benzene rings is 1. The highest BCUT2D eigenvalue weighted by atomic mass is 19.2. The summed E-state index contributed by atoms with van der Waals surface area (Å²) in [5.74, 6) is -1.52. The summed E-state index contributed by atoms with van der Waals surface area (Å²) in [6.07, 6.45) is 0.935. The first-order chi connectivity index (χ1) is 7.59. The highest BCUT2D eigenvalue weighted by Gasteiger charge is 2.30. The van der Waals surface area contributed by atoms with Gasteiger partial charge >= 0.3 is 0 Å². The standard InChI is InChI=1S/C12H15F2NO/c1-7-9(4-5-16-7)12(15)8-2-3-10(13)11(14)6-8/h2-3,6-7,9,12H,4-5,15H2,1H3. The number of hydrogen-bond acceptors (Lipinski definition) is 2.